The average molecular weight is 649 g/mol. The van der Waals surface area contributed by atoms with Crippen LogP contribution in [0.15, 0.2) is 186 Å². The van der Waals surface area contributed by atoms with E-state index in [2.05, 4.69) is 4.90 Å². The van der Waals surface area contributed by atoms with Gasteiger partial charge in [0.25, 0.3) is 0 Å². The van der Waals surface area contributed by atoms with E-state index in [-0.39, 0.29) is 63.1 Å². The third-order valence-corrected chi connectivity index (χ3v) is 8.44. The van der Waals surface area contributed by atoms with Crippen molar-refractivity contribution in [2.45, 2.75) is 0 Å². The second-order valence-electron chi connectivity index (χ2n) is 11.6. The molecule has 0 atom stereocenters. The molecule has 0 aliphatic heterocycles. The Morgan fingerprint density at radius 3 is 1.52 bits per heavy atom. The Balaban J connectivity index is 1.33. The van der Waals surface area contributed by atoms with Crippen LogP contribution in [0, 0.1) is 0 Å². The smallest absolute Gasteiger partial charge is 0.164 e. The Hall–Kier alpha value is -6.85. The number of benzene rings is 7. The monoisotopic (exact) mass is 648 g/mol. The molecule has 0 aliphatic rings. The van der Waals surface area contributed by atoms with E-state index in [9.17, 15) is 2.74 Å². The zero-order valence-corrected chi connectivity index (χ0v) is 26.6. The summed E-state index contributed by atoms with van der Waals surface area (Å²) in [7, 11) is 0. The van der Waals surface area contributed by atoms with Crippen LogP contribution in [0.2, 0.25) is 0 Å². The summed E-state index contributed by atoms with van der Waals surface area (Å²) in [5.41, 5.74) is 5.01. The van der Waals surface area contributed by atoms with Gasteiger partial charge in [-0.3, -0.25) is 0 Å². The number of anilines is 3. The fraction of sp³-hybridized carbons (Fsp3) is 0. The van der Waals surface area contributed by atoms with E-state index in [0.717, 1.165) is 17.1 Å². The summed E-state index contributed by atoms with van der Waals surface area (Å²) in [5.74, 6) is 0.791. The lowest BCUT2D eigenvalue weighted by Gasteiger charge is -2.25. The Bertz CT molecular complexity index is 2810. The maximum absolute atomic E-state index is 9.87. The van der Waals surface area contributed by atoms with Gasteiger partial charge in [-0.05, 0) is 65.7 Å². The predicted molar refractivity (Wildman–Crippen MR) is 204 cm³/mol. The molecule has 236 valence electrons. The third-order valence-electron chi connectivity index (χ3n) is 8.44. The minimum Gasteiger partial charge on any atom is -0.456 e. The molecule has 2 aromatic heterocycles. The van der Waals surface area contributed by atoms with Gasteiger partial charge in [-0.25, -0.2) is 15.0 Å². The Morgan fingerprint density at radius 2 is 0.940 bits per heavy atom. The van der Waals surface area contributed by atoms with E-state index >= 15 is 0 Å². The highest BCUT2D eigenvalue weighted by Gasteiger charge is 2.20. The van der Waals surface area contributed by atoms with E-state index < -0.39 is 12.1 Å². The molecule has 0 spiro atoms. The van der Waals surface area contributed by atoms with Gasteiger partial charge in [-0.2, -0.15) is 0 Å². The van der Waals surface area contributed by atoms with E-state index in [1.54, 1.807) is 0 Å². The lowest BCUT2D eigenvalue weighted by Crippen LogP contribution is -2.09. The first-order valence-corrected chi connectivity index (χ1v) is 16.1. The summed E-state index contributed by atoms with van der Waals surface area (Å²) < 4.78 is 60.3. The van der Waals surface area contributed by atoms with E-state index in [0.29, 0.717) is 28.3 Å². The van der Waals surface area contributed by atoms with Gasteiger partial charge in [0, 0.05) is 44.5 Å². The van der Waals surface area contributed by atoms with Gasteiger partial charge < -0.3 is 9.32 Å². The quantitative estimate of drug-likeness (QED) is 0.172. The Morgan fingerprint density at radius 1 is 0.440 bits per heavy atom. The van der Waals surface area contributed by atoms with Crippen LogP contribution in [0.5, 0.6) is 0 Å². The minimum atomic E-state index is -0.462. The molecule has 2 heterocycles. The van der Waals surface area contributed by atoms with Gasteiger partial charge in [0.15, 0.2) is 17.5 Å². The van der Waals surface area contributed by atoms with Gasteiger partial charge in [-0.1, -0.05) is 127 Å². The number of para-hydroxylation sites is 3. The Labute approximate surface area is 298 Å². The molecule has 0 unspecified atom stereocenters. The van der Waals surface area contributed by atoms with Crippen LogP contribution in [0.25, 0.3) is 67.2 Å². The highest BCUT2D eigenvalue weighted by molar-refractivity contribution is 6.13. The van der Waals surface area contributed by atoms with Gasteiger partial charge >= 0.3 is 0 Å². The fourth-order valence-corrected chi connectivity index (χ4v) is 6.09. The molecule has 0 bridgehead atoms. The first kappa shape index (κ1) is 23.5. The fourth-order valence-electron chi connectivity index (χ4n) is 6.09. The second-order valence-corrected chi connectivity index (χ2v) is 11.6. The molecule has 50 heavy (non-hydrogen) atoms. The number of aromatic nitrogens is 3. The molecular weight excluding hydrogens is 613 g/mol. The minimum absolute atomic E-state index is 0.00444. The van der Waals surface area contributed by atoms with E-state index in [1.807, 2.05) is 146 Å². The van der Waals surface area contributed by atoms with Crippen LogP contribution in [0.1, 0.15) is 8.22 Å². The van der Waals surface area contributed by atoms with Crippen LogP contribution in [-0.2, 0) is 0 Å². The predicted octanol–water partition coefficient (Wildman–Crippen LogP) is 11.9. The topological polar surface area (TPSA) is 55.1 Å². The SMILES string of the molecule is [2H]c1c([2H])c([2H])c2c(oc3c([2H])c(-c4ccc(N(c5ccccc5)c5ccccc5)cc4)c([2H])c(-c4nc(-c5ccccc5)nc(-c5ccccc5)n4)c32)c1[2H]. The Kier molecular flexibility index (Phi) is 5.93. The molecule has 5 nitrogen and oxygen atoms in total. The normalized spacial score (nSPS) is 12.9. The van der Waals surface area contributed by atoms with Crippen molar-refractivity contribution in [3.8, 4) is 45.3 Å². The van der Waals surface area contributed by atoms with Crippen molar-refractivity contribution in [1.29, 1.82) is 0 Å². The molecule has 0 amide bonds. The molecule has 0 radical (unpaired) electrons. The van der Waals surface area contributed by atoms with Gasteiger partial charge in [0.1, 0.15) is 11.2 Å². The summed E-state index contributed by atoms with van der Waals surface area (Å²) in [5, 5.41) is 0.208. The number of nitrogens with zero attached hydrogens (tertiary/aromatic N) is 4. The van der Waals surface area contributed by atoms with Crippen molar-refractivity contribution in [3.05, 3.63) is 182 Å². The van der Waals surface area contributed by atoms with Crippen LogP contribution >= 0.6 is 0 Å². The molecule has 9 rings (SSSR count). The molecule has 0 saturated carbocycles. The maximum Gasteiger partial charge on any atom is 0.164 e. The number of hydrogen-bond acceptors (Lipinski definition) is 5. The summed E-state index contributed by atoms with van der Waals surface area (Å²) in [6, 6.07) is 44.5. The molecule has 5 heteroatoms. The maximum atomic E-state index is 9.87. The molecule has 0 N–H and O–H groups in total. The van der Waals surface area contributed by atoms with Crippen LogP contribution in [0.4, 0.5) is 17.1 Å². The number of hydrogen-bond donors (Lipinski definition) is 0. The van der Waals surface area contributed by atoms with Crippen molar-refractivity contribution in [2.24, 2.45) is 0 Å². The lowest BCUT2D eigenvalue weighted by atomic mass is 9.97. The first-order valence-electron chi connectivity index (χ1n) is 19.1. The van der Waals surface area contributed by atoms with Gasteiger partial charge in [0.05, 0.1) is 8.22 Å². The van der Waals surface area contributed by atoms with Crippen molar-refractivity contribution >= 4 is 39.0 Å². The molecule has 0 aliphatic carbocycles. The van der Waals surface area contributed by atoms with Gasteiger partial charge in [-0.15, -0.1) is 0 Å². The van der Waals surface area contributed by atoms with Gasteiger partial charge in [0.2, 0.25) is 0 Å². The number of rotatable bonds is 7. The number of fused-ring (bicyclic) bond motifs is 3. The average Bonchev–Trinajstić information content (AvgIpc) is 3.65. The van der Waals surface area contributed by atoms with Crippen LogP contribution < -0.4 is 4.90 Å². The zero-order valence-electron chi connectivity index (χ0n) is 32.6. The molecule has 9 aromatic rings. The zero-order chi connectivity index (χ0) is 38.5. The van der Waals surface area contributed by atoms with Crippen molar-refractivity contribution in [3.63, 3.8) is 0 Å². The van der Waals surface area contributed by atoms with Crippen molar-refractivity contribution < 1.29 is 12.6 Å². The van der Waals surface area contributed by atoms with Crippen molar-refractivity contribution in [1.82, 2.24) is 15.0 Å². The molecular formula is C45H30N4O. The summed E-state index contributed by atoms with van der Waals surface area (Å²) in [6.45, 7) is 0. The largest absolute Gasteiger partial charge is 0.456 e. The van der Waals surface area contributed by atoms with E-state index in [4.69, 9.17) is 24.9 Å². The highest BCUT2D eigenvalue weighted by atomic mass is 16.3. The first-order chi connectivity index (χ1) is 27.3. The van der Waals surface area contributed by atoms with Crippen LogP contribution in [-0.4, -0.2) is 15.0 Å². The summed E-state index contributed by atoms with van der Waals surface area (Å²) >= 11 is 0. The van der Waals surface area contributed by atoms with E-state index in [1.165, 1.54) is 0 Å². The van der Waals surface area contributed by atoms with Crippen LogP contribution in [0.3, 0.4) is 0 Å². The highest BCUT2D eigenvalue weighted by Crippen LogP contribution is 2.41. The molecule has 0 fully saturated rings. The lowest BCUT2D eigenvalue weighted by molar-refractivity contribution is 0.669. The molecule has 0 saturated heterocycles. The standard InChI is InChI=1S/C45H30N4O/c1-5-15-32(16-6-1)43-46-44(33-17-7-2-8-18-33)48-45(47-43)39-29-34(30-41-42(39)38-23-13-14-24-40(38)50-41)31-25-27-37(28-26-31)49(35-19-9-3-10-20-35)36-21-11-4-12-22-36/h1-30H/i13D,14D,23D,24D,29D,30D. The summed E-state index contributed by atoms with van der Waals surface area (Å²) in [6.07, 6.45) is 0. The third kappa shape index (κ3) is 5.47. The van der Waals surface area contributed by atoms with Crippen molar-refractivity contribution in [2.75, 3.05) is 4.90 Å². The number of furan rings is 1. The summed E-state index contributed by atoms with van der Waals surface area (Å²) in [4.78, 5) is 16.8. The molecule has 7 aromatic carbocycles. The second kappa shape index (κ2) is 12.6.